The molecule has 2 aliphatic heterocycles. The average Bonchev–Trinajstić information content (AvgIpc) is 3.50. The molecule has 0 radical (unpaired) electrons. The lowest BCUT2D eigenvalue weighted by molar-refractivity contribution is -0.137. The predicted octanol–water partition coefficient (Wildman–Crippen LogP) is 7.88. The van der Waals surface area contributed by atoms with Crippen molar-refractivity contribution in [2.45, 2.75) is 50.3 Å². The SMILES string of the molecule is FC(F)(F)c1ccccc1-c1noc(C2CC2)c1/C=C/C1CC2(C1)CN(c1ccc3nccc(O[C@@H]4CCOC4)c3c1)C2. The van der Waals surface area contributed by atoms with E-state index in [1.807, 2.05) is 12.1 Å². The fourth-order valence-electron chi connectivity index (χ4n) is 7.06. The summed E-state index contributed by atoms with van der Waals surface area (Å²) in [4.78, 5) is 6.94. The summed E-state index contributed by atoms with van der Waals surface area (Å²) in [5.41, 5.74) is 2.73. The standard InChI is InChI=1S/C34H32F3N3O3/c35-34(36,37)28-4-2-1-3-25(28)31-26(32(43-39-31)22-6-7-22)9-5-21-16-33(17-21)19-40(20-33)23-8-10-29-27(15-23)30(11-13-38-29)42-24-12-14-41-18-24/h1-5,8-11,13,15,21-22,24H,6-7,12,14,16-20H2/b9-5+/t24-/m1/s1. The summed E-state index contributed by atoms with van der Waals surface area (Å²) in [6.45, 7) is 3.33. The van der Waals surface area contributed by atoms with Crippen molar-refractivity contribution >= 4 is 22.7 Å². The van der Waals surface area contributed by atoms with Crippen molar-refractivity contribution in [3.8, 4) is 17.0 Å². The van der Waals surface area contributed by atoms with E-state index >= 15 is 0 Å². The molecule has 8 rings (SSSR count). The Bertz CT molecular complexity index is 1690. The fourth-order valence-corrected chi connectivity index (χ4v) is 7.06. The second-order valence-corrected chi connectivity index (χ2v) is 12.6. The summed E-state index contributed by atoms with van der Waals surface area (Å²) < 4.78 is 58.7. The first-order chi connectivity index (χ1) is 20.9. The summed E-state index contributed by atoms with van der Waals surface area (Å²) in [6.07, 6.45) is 6.50. The monoisotopic (exact) mass is 587 g/mol. The van der Waals surface area contributed by atoms with Gasteiger partial charge in [0, 0.05) is 59.2 Å². The molecule has 6 nitrogen and oxygen atoms in total. The minimum Gasteiger partial charge on any atom is -0.487 e. The molecule has 4 aromatic rings. The molecule has 2 aliphatic carbocycles. The number of rotatable bonds is 7. The lowest BCUT2D eigenvalue weighted by atomic mass is 9.57. The Balaban J connectivity index is 0.961. The summed E-state index contributed by atoms with van der Waals surface area (Å²) in [5.74, 6) is 2.18. The molecule has 9 heteroatoms. The zero-order valence-electron chi connectivity index (χ0n) is 23.6. The maximum absolute atomic E-state index is 13.8. The van der Waals surface area contributed by atoms with Crippen LogP contribution in [0.1, 0.15) is 54.9 Å². The number of ether oxygens (including phenoxy) is 2. The van der Waals surface area contributed by atoms with Crippen LogP contribution < -0.4 is 9.64 Å². The number of hydrogen-bond donors (Lipinski definition) is 0. The van der Waals surface area contributed by atoms with Crippen molar-refractivity contribution in [2.75, 3.05) is 31.2 Å². The number of pyridine rings is 1. The van der Waals surface area contributed by atoms with Crippen LogP contribution in [0, 0.1) is 11.3 Å². The maximum atomic E-state index is 13.8. The van der Waals surface area contributed by atoms with Crippen LogP contribution in [0.4, 0.5) is 18.9 Å². The lowest BCUT2D eigenvalue weighted by Gasteiger charge is -2.59. The predicted molar refractivity (Wildman–Crippen MR) is 157 cm³/mol. The van der Waals surface area contributed by atoms with Crippen molar-refractivity contribution in [1.29, 1.82) is 0 Å². The zero-order valence-corrected chi connectivity index (χ0v) is 23.6. The van der Waals surface area contributed by atoms with E-state index in [4.69, 9.17) is 14.0 Å². The van der Waals surface area contributed by atoms with Crippen LogP contribution in [0.2, 0.25) is 0 Å². The molecule has 43 heavy (non-hydrogen) atoms. The van der Waals surface area contributed by atoms with Crippen molar-refractivity contribution in [3.05, 3.63) is 77.7 Å². The molecule has 2 saturated carbocycles. The van der Waals surface area contributed by atoms with E-state index < -0.39 is 11.7 Å². The second kappa shape index (κ2) is 10.1. The van der Waals surface area contributed by atoms with Gasteiger partial charge in [-0.25, -0.2) is 0 Å². The number of aromatic nitrogens is 2. The van der Waals surface area contributed by atoms with E-state index in [1.54, 1.807) is 12.3 Å². The van der Waals surface area contributed by atoms with Crippen molar-refractivity contribution in [1.82, 2.24) is 10.1 Å². The van der Waals surface area contributed by atoms with Crippen molar-refractivity contribution < 1.29 is 27.2 Å². The third-order valence-corrected chi connectivity index (χ3v) is 9.40. The van der Waals surface area contributed by atoms with Gasteiger partial charge in [0.1, 0.15) is 23.3 Å². The molecule has 2 aromatic heterocycles. The first-order valence-electron chi connectivity index (χ1n) is 15.1. The van der Waals surface area contributed by atoms with Crippen LogP contribution in [-0.2, 0) is 10.9 Å². The molecule has 1 spiro atoms. The second-order valence-electron chi connectivity index (χ2n) is 12.6. The molecule has 222 valence electrons. The number of nitrogens with zero attached hydrogens (tertiary/aromatic N) is 3. The molecule has 0 unspecified atom stereocenters. The average molecular weight is 588 g/mol. The summed E-state index contributed by atoms with van der Waals surface area (Å²) in [6, 6.07) is 13.9. The van der Waals surface area contributed by atoms with Gasteiger partial charge in [-0.3, -0.25) is 4.98 Å². The molecular formula is C34H32F3N3O3. The molecule has 4 heterocycles. The van der Waals surface area contributed by atoms with Gasteiger partial charge in [0.05, 0.1) is 24.3 Å². The Morgan fingerprint density at radius 2 is 1.86 bits per heavy atom. The van der Waals surface area contributed by atoms with Gasteiger partial charge in [0.25, 0.3) is 0 Å². The first-order valence-corrected chi connectivity index (χ1v) is 15.1. The van der Waals surface area contributed by atoms with Crippen LogP contribution in [0.3, 0.4) is 0 Å². The Labute approximate surface area is 247 Å². The number of hydrogen-bond acceptors (Lipinski definition) is 6. The summed E-state index contributed by atoms with van der Waals surface area (Å²) >= 11 is 0. The molecule has 0 N–H and O–H groups in total. The summed E-state index contributed by atoms with van der Waals surface area (Å²) in [5, 5.41) is 5.17. The van der Waals surface area contributed by atoms with Crippen LogP contribution in [-0.4, -0.2) is 42.5 Å². The van der Waals surface area contributed by atoms with E-state index in [1.165, 1.54) is 17.8 Å². The minimum absolute atomic E-state index is 0.0701. The molecular weight excluding hydrogens is 555 g/mol. The minimum atomic E-state index is -4.46. The number of alkyl halides is 3. The first kappa shape index (κ1) is 26.8. The lowest BCUT2D eigenvalue weighted by Crippen LogP contribution is -2.62. The third-order valence-electron chi connectivity index (χ3n) is 9.40. The topological polar surface area (TPSA) is 60.6 Å². The Kier molecular flexibility index (Phi) is 6.29. The van der Waals surface area contributed by atoms with Crippen LogP contribution >= 0.6 is 0 Å². The third kappa shape index (κ3) is 4.97. The largest absolute Gasteiger partial charge is 0.487 e. The quantitative estimate of drug-likeness (QED) is 0.219. The van der Waals surface area contributed by atoms with E-state index in [0.717, 1.165) is 74.5 Å². The van der Waals surface area contributed by atoms with Crippen LogP contribution in [0.5, 0.6) is 5.75 Å². The highest BCUT2D eigenvalue weighted by molar-refractivity contribution is 5.88. The highest BCUT2D eigenvalue weighted by Gasteiger charge is 2.51. The van der Waals surface area contributed by atoms with Crippen LogP contribution in [0.25, 0.3) is 28.2 Å². The highest BCUT2D eigenvalue weighted by Crippen LogP contribution is 2.54. The number of halogens is 3. The smallest absolute Gasteiger partial charge is 0.417 e. The number of benzene rings is 2. The molecule has 2 aromatic carbocycles. The Hall–Kier alpha value is -3.85. The summed E-state index contributed by atoms with van der Waals surface area (Å²) in [7, 11) is 0. The van der Waals surface area contributed by atoms with Gasteiger partial charge in [0.15, 0.2) is 0 Å². The van der Waals surface area contributed by atoms with Gasteiger partial charge in [0.2, 0.25) is 0 Å². The van der Waals surface area contributed by atoms with Crippen molar-refractivity contribution in [2.24, 2.45) is 11.3 Å². The number of anilines is 1. The Morgan fingerprint density at radius 1 is 1.02 bits per heavy atom. The van der Waals surface area contributed by atoms with E-state index in [2.05, 4.69) is 39.3 Å². The molecule has 0 bridgehead atoms. The zero-order chi connectivity index (χ0) is 29.2. The number of fused-ring (bicyclic) bond motifs is 1. The van der Waals surface area contributed by atoms with E-state index in [0.29, 0.717) is 23.8 Å². The van der Waals surface area contributed by atoms with E-state index in [9.17, 15) is 13.2 Å². The van der Waals surface area contributed by atoms with Crippen molar-refractivity contribution in [3.63, 3.8) is 0 Å². The van der Waals surface area contributed by atoms with Crippen LogP contribution in [0.15, 0.2) is 65.3 Å². The van der Waals surface area contributed by atoms with Gasteiger partial charge in [-0.05, 0) is 61.9 Å². The normalized spacial score (nSPS) is 21.9. The van der Waals surface area contributed by atoms with E-state index in [-0.39, 0.29) is 28.7 Å². The molecule has 4 aliphatic rings. The molecule has 0 amide bonds. The van der Waals surface area contributed by atoms with Gasteiger partial charge < -0.3 is 18.9 Å². The fraction of sp³-hybridized carbons (Fsp3) is 0.412. The van der Waals surface area contributed by atoms with Gasteiger partial charge in [-0.15, -0.1) is 0 Å². The number of allylic oxidation sites excluding steroid dienone is 1. The molecule has 2 saturated heterocycles. The molecule has 1 atom stereocenters. The van der Waals surface area contributed by atoms with Gasteiger partial charge >= 0.3 is 6.18 Å². The van der Waals surface area contributed by atoms with Gasteiger partial charge in [-0.1, -0.05) is 35.5 Å². The Morgan fingerprint density at radius 3 is 2.63 bits per heavy atom. The molecule has 4 fully saturated rings. The maximum Gasteiger partial charge on any atom is 0.417 e. The van der Waals surface area contributed by atoms with Gasteiger partial charge in [-0.2, -0.15) is 13.2 Å². The highest BCUT2D eigenvalue weighted by atomic mass is 19.4.